The number of unbranched alkanes of at least 4 members (excludes halogenated alkanes) is 1. The third kappa shape index (κ3) is 5.67. The standard InChI is InChI=1S/C15H25N3O2/c1-4-15(16-10-5-6-11-17(2)3)13-8-7-9-14(12-13)18(19)20/h7-9,12,15-16H,4-6,10-11H2,1-3H3. The number of benzene rings is 1. The summed E-state index contributed by atoms with van der Waals surface area (Å²) in [5.41, 5.74) is 1.16. The molecule has 0 spiro atoms. The van der Waals surface area contributed by atoms with Crippen LogP contribution in [0.4, 0.5) is 5.69 Å². The molecule has 1 aromatic carbocycles. The lowest BCUT2D eigenvalue weighted by Crippen LogP contribution is -2.23. The fourth-order valence-corrected chi connectivity index (χ4v) is 2.18. The molecule has 0 aliphatic rings. The molecule has 5 heteroatoms. The van der Waals surface area contributed by atoms with Gasteiger partial charge < -0.3 is 10.2 Å². The van der Waals surface area contributed by atoms with E-state index in [1.807, 2.05) is 6.07 Å². The minimum absolute atomic E-state index is 0.162. The number of hydrogen-bond donors (Lipinski definition) is 1. The Kier molecular flexibility index (Phi) is 7.18. The summed E-state index contributed by atoms with van der Waals surface area (Å²) in [7, 11) is 4.15. The summed E-state index contributed by atoms with van der Waals surface area (Å²) in [6.45, 7) is 4.13. The zero-order valence-electron chi connectivity index (χ0n) is 12.6. The van der Waals surface area contributed by atoms with Crippen molar-refractivity contribution in [3.8, 4) is 0 Å². The molecule has 0 heterocycles. The van der Waals surface area contributed by atoms with Crippen LogP contribution in [0.25, 0.3) is 0 Å². The van der Waals surface area contributed by atoms with Gasteiger partial charge in [-0.05, 0) is 52.0 Å². The average Bonchev–Trinajstić information content (AvgIpc) is 2.42. The first-order chi connectivity index (χ1) is 9.54. The molecule has 0 fully saturated rings. The largest absolute Gasteiger partial charge is 0.310 e. The molecule has 0 saturated carbocycles. The van der Waals surface area contributed by atoms with Crippen LogP contribution in [-0.4, -0.2) is 37.0 Å². The van der Waals surface area contributed by atoms with E-state index in [9.17, 15) is 10.1 Å². The van der Waals surface area contributed by atoms with Crippen molar-refractivity contribution in [3.63, 3.8) is 0 Å². The molecule has 0 aromatic heterocycles. The lowest BCUT2D eigenvalue weighted by atomic mass is 10.0. The second kappa shape index (κ2) is 8.66. The van der Waals surface area contributed by atoms with Crippen LogP contribution in [0.5, 0.6) is 0 Å². The number of nitrogens with zero attached hydrogens (tertiary/aromatic N) is 2. The summed E-state index contributed by atoms with van der Waals surface area (Å²) in [5, 5.41) is 14.3. The maximum Gasteiger partial charge on any atom is 0.269 e. The second-order valence-corrected chi connectivity index (χ2v) is 5.28. The zero-order chi connectivity index (χ0) is 15.0. The molecule has 0 bridgehead atoms. The minimum Gasteiger partial charge on any atom is -0.310 e. The highest BCUT2D eigenvalue weighted by Crippen LogP contribution is 2.21. The number of nitro groups is 1. The zero-order valence-corrected chi connectivity index (χ0v) is 12.6. The summed E-state index contributed by atoms with van der Waals surface area (Å²) in [6.07, 6.45) is 3.20. The van der Waals surface area contributed by atoms with Crippen molar-refractivity contribution >= 4 is 5.69 Å². The predicted molar refractivity (Wildman–Crippen MR) is 81.9 cm³/mol. The van der Waals surface area contributed by atoms with Gasteiger partial charge in [-0.3, -0.25) is 10.1 Å². The maximum atomic E-state index is 10.8. The van der Waals surface area contributed by atoms with Crippen LogP contribution in [0.15, 0.2) is 24.3 Å². The van der Waals surface area contributed by atoms with E-state index in [1.165, 1.54) is 6.07 Å². The molecule has 1 aromatic rings. The van der Waals surface area contributed by atoms with Gasteiger partial charge in [0.05, 0.1) is 4.92 Å². The topological polar surface area (TPSA) is 58.4 Å². The Morgan fingerprint density at radius 1 is 1.35 bits per heavy atom. The Bertz CT molecular complexity index is 421. The smallest absolute Gasteiger partial charge is 0.269 e. The fourth-order valence-electron chi connectivity index (χ4n) is 2.18. The van der Waals surface area contributed by atoms with Crippen LogP contribution < -0.4 is 5.32 Å². The van der Waals surface area contributed by atoms with Crippen molar-refractivity contribution in [3.05, 3.63) is 39.9 Å². The average molecular weight is 279 g/mol. The van der Waals surface area contributed by atoms with E-state index in [1.54, 1.807) is 12.1 Å². The summed E-state index contributed by atoms with van der Waals surface area (Å²) in [6, 6.07) is 7.10. The summed E-state index contributed by atoms with van der Waals surface area (Å²) in [4.78, 5) is 12.6. The first kappa shape index (κ1) is 16.6. The normalized spacial score (nSPS) is 12.6. The van der Waals surface area contributed by atoms with Gasteiger partial charge >= 0.3 is 0 Å². The van der Waals surface area contributed by atoms with E-state index < -0.39 is 0 Å². The molecule has 1 unspecified atom stereocenters. The monoisotopic (exact) mass is 279 g/mol. The highest BCUT2D eigenvalue weighted by Gasteiger charge is 2.12. The van der Waals surface area contributed by atoms with Gasteiger partial charge in [-0.15, -0.1) is 0 Å². The molecule has 0 radical (unpaired) electrons. The van der Waals surface area contributed by atoms with Crippen molar-refractivity contribution in [2.75, 3.05) is 27.2 Å². The molecular formula is C15H25N3O2. The predicted octanol–water partition coefficient (Wildman–Crippen LogP) is 2.98. The van der Waals surface area contributed by atoms with Gasteiger partial charge in [0, 0.05) is 18.2 Å². The van der Waals surface area contributed by atoms with Gasteiger partial charge in [0.15, 0.2) is 0 Å². The second-order valence-electron chi connectivity index (χ2n) is 5.28. The van der Waals surface area contributed by atoms with E-state index in [0.717, 1.165) is 37.9 Å². The molecule has 1 N–H and O–H groups in total. The fraction of sp³-hybridized carbons (Fsp3) is 0.600. The van der Waals surface area contributed by atoms with Crippen molar-refractivity contribution < 1.29 is 4.92 Å². The molecule has 0 saturated heterocycles. The van der Waals surface area contributed by atoms with Crippen LogP contribution in [-0.2, 0) is 0 Å². The molecule has 0 aliphatic heterocycles. The molecule has 1 atom stereocenters. The van der Waals surface area contributed by atoms with Gasteiger partial charge in [-0.1, -0.05) is 19.1 Å². The molecule has 1 rings (SSSR count). The Balaban J connectivity index is 2.49. The highest BCUT2D eigenvalue weighted by molar-refractivity contribution is 5.35. The Morgan fingerprint density at radius 2 is 2.10 bits per heavy atom. The molecular weight excluding hydrogens is 254 g/mol. The van der Waals surface area contributed by atoms with Crippen LogP contribution >= 0.6 is 0 Å². The minimum atomic E-state index is -0.340. The third-order valence-electron chi connectivity index (χ3n) is 3.31. The van der Waals surface area contributed by atoms with Crippen molar-refractivity contribution in [2.45, 2.75) is 32.2 Å². The van der Waals surface area contributed by atoms with Crippen molar-refractivity contribution in [1.82, 2.24) is 10.2 Å². The molecule has 112 valence electrons. The number of nitrogens with one attached hydrogen (secondary N) is 1. The number of non-ortho nitro benzene ring substituents is 1. The molecule has 0 amide bonds. The lowest BCUT2D eigenvalue weighted by Gasteiger charge is -2.17. The van der Waals surface area contributed by atoms with Gasteiger partial charge in [-0.25, -0.2) is 0 Å². The Hall–Kier alpha value is -1.46. The van der Waals surface area contributed by atoms with Gasteiger partial charge in [0.25, 0.3) is 5.69 Å². The van der Waals surface area contributed by atoms with E-state index in [-0.39, 0.29) is 16.7 Å². The van der Waals surface area contributed by atoms with Crippen LogP contribution in [0, 0.1) is 10.1 Å². The maximum absolute atomic E-state index is 10.8. The Morgan fingerprint density at radius 3 is 2.70 bits per heavy atom. The van der Waals surface area contributed by atoms with Crippen LogP contribution in [0.1, 0.15) is 37.8 Å². The van der Waals surface area contributed by atoms with E-state index >= 15 is 0 Å². The molecule has 20 heavy (non-hydrogen) atoms. The van der Waals surface area contributed by atoms with Crippen LogP contribution in [0.2, 0.25) is 0 Å². The highest BCUT2D eigenvalue weighted by atomic mass is 16.6. The molecule has 0 aliphatic carbocycles. The summed E-state index contributed by atoms with van der Waals surface area (Å²) < 4.78 is 0. The molecule has 5 nitrogen and oxygen atoms in total. The van der Waals surface area contributed by atoms with Gasteiger partial charge in [-0.2, -0.15) is 0 Å². The van der Waals surface area contributed by atoms with Crippen molar-refractivity contribution in [1.29, 1.82) is 0 Å². The lowest BCUT2D eigenvalue weighted by molar-refractivity contribution is -0.384. The number of hydrogen-bond acceptors (Lipinski definition) is 4. The van der Waals surface area contributed by atoms with E-state index in [0.29, 0.717) is 0 Å². The quantitative estimate of drug-likeness (QED) is 0.429. The Labute approximate surface area is 121 Å². The summed E-state index contributed by atoms with van der Waals surface area (Å²) in [5.74, 6) is 0. The van der Waals surface area contributed by atoms with Gasteiger partial charge in [0.1, 0.15) is 0 Å². The van der Waals surface area contributed by atoms with E-state index in [2.05, 4.69) is 31.2 Å². The first-order valence-corrected chi connectivity index (χ1v) is 7.17. The third-order valence-corrected chi connectivity index (χ3v) is 3.31. The van der Waals surface area contributed by atoms with E-state index in [4.69, 9.17) is 0 Å². The number of nitro benzene ring substituents is 1. The SMILES string of the molecule is CCC(NCCCCN(C)C)c1cccc([N+](=O)[O-])c1. The van der Waals surface area contributed by atoms with Crippen molar-refractivity contribution in [2.24, 2.45) is 0 Å². The number of rotatable bonds is 9. The van der Waals surface area contributed by atoms with Crippen LogP contribution in [0.3, 0.4) is 0 Å². The van der Waals surface area contributed by atoms with Gasteiger partial charge in [0.2, 0.25) is 0 Å². The first-order valence-electron chi connectivity index (χ1n) is 7.17. The summed E-state index contributed by atoms with van der Waals surface area (Å²) >= 11 is 0.